The minimum Gasteiger partial charge on any atom is -0.493 e. The third kappa shape index (κ3) is 3.19. The summed E-state index contributed by atoms with van der Waals surface area (Å²) in [6.07, 6.45) is 4.93. The molecule has 0 unspecified atom stereocenters. The van der Waals surface area contributed by atoms with Gasteiger partial charge in [0.1, 0.15) is 0 Å². The predicted molar refractivity (Wildman–Crippen MR) is 73.9 cm³/mol. The Hall–Kier alpha value is -1.71. The Labute approximate surface area is 114 Å². The second-order valence-corrected chi connectivity index (χ2v) is 5.09. The molecule has 0 spiro atoms. The molecule has 1 fully saturated rings. The van der Waals surface area contributed by atoms with Gasteiger partial charge < -0.3 is 14.4 Å². The van der Waals surface area contributed by atoms with E-state index in [0.29, 0.717) is 11.3 Å². The molecule has 19 heavy (non-hydrogen) atoms. The van der Waals surface area contributed by atoms with Crippen molar-refractivity contribution in [3.63, 3.8) is 0 Å². The third-order valence-electron chi connectivity index (χ3n) is 3.41. The van der Waals surface area contributed by atoms with E-state index >= 15 is 0 Å². The average Bonchev–Trinajstić information content (AvgIpc) is 2.91. The first-order valence-electron chi connectivity index (χ1n) is 6.68. The molecular formula is C15H21NO3. The van der Waals surface area contributed by atoms with Crippen LogP contribution >= 0.6 is 0 Å². The highest BCUT2D eigenvalue weighted by atomic mass is 16.5. The second kappa shape index (κ2) is 5.95. The lowest BCUT2D eigenvalue weighted by Gasteiger charge is -2.17. The molecule has 104 valence electrons. The first-order valence-corrected chi connectivity index (χ1v) is 6.68. The van der Waals surface area contributed by atoms with Crippen molar-refractivity contribution < 1.29 is 14.3 Å². The first-order chi connectivity index (χ1) is 9.11. The minimum absolute atomic E-state index is 0.0364. The van der Waals surface area contributed by atoms with Crippen LogP contribution in [0.2, 0.25) is 0 Å². The largest absolute Gasteiger partial charge is 0.493 e. The van der Waals surface area contributed by atoms with Crippen LogP contribution in [0.4, 0.5) is 0 Å². The summed E-state index contributed by atoms with van der Waals surface area (Å²) in [6, 6.07) is 5.36. The Kier molecular flexibility index (Phi) is 4.30. The first kappa shape index (κ1) is 13.7. The second-order valence-electron chi connectivity index (χ2n) is 5.09. The third-order valence-corrected chi connectivity index (χ3v) is 3.41. The lowest BCUT2D eigenvalue weighted by atomic mass is 10.1. The molecule has 0 saturated heterocycles. The summed E-state index contributed by atoms with van der Waals surface area (Å²) < 4.78 is 11.3. The van der Waals surface area contributed by atoms with Crippen molar-refractivity contribution >= 4 is 5.91 Å². The van der Waals surface area contributed by atoms with Gasteiger partial charge in [0.15, 0.2) is 11.5 Å². The maximum absolute atomic E-state index is 11.9. The van der Waals surface area contributed by atoms with E-state index in [9.17, 15) is 4.79 Å². The molecule has 2 rings (SSSR count). The topological polar surface area (TPSA) is 38.8 Å². The van der Waals surface area contributed by atoms with Crippen molar-refractivity contribution in [3.05, 3.63) is 23.8 Å². The number of nitrogens with zero attached hydrogens (tertiary/aromatic N) is 1. The summed E-state index contributed by atoms with van der Waals surface area (Å²) >= 11 is 0. The zero-order valence-electron chi connectivity index (χ0n) is 11.8. The van der Waals surface area contributed by atoms with E-state index in [1.165, 1.54) is 12.8 Å². The average molecular weight is 263 g/mol. The fraction of sp³-hybridized carbons (Fsp3) is 0.533. The van der Waals surface area contributed by atoms with E-state index in [-0.39, 0.29) is 12.0 Å². The van der Waals surface area contributed by atoms with Gasteiger partial charge in [-0.3, -0.25) is 4.79 Å². The Balaban J connectivity index is 2.18. The maximum Gasteiger partial charge on any atom is 0.253 e. The van der Waals surface area contributed by atoms with Gasteiger partial charge in [0.05, 0.1) is 13.2 Å². The van der Waals surface area contributed by atoms with Crippen LogP contribution in [0.25, 0.3) is 0 Å². The van der Waals surface area contributed by atoms with Crippen LogP contribution in [0.3, 0.4) is 0 Å². The van der Waals surface area contributed by atoms with E-state index in [4.69, 9.17) is 9.47 Å². The van der Waals surface area contributed by atoms with Crippen LogP contribution in [0.5, 0.6) is 11.5 Å². The molecule has 0 atom stereocenters. The van der Waals surface area contributed by atoms with Crippen LogP contribution in [0.15, 0.2) is 18.2 Å². The van der Waals surface area contributed by atoms with Crippen LogP contribution in [0.1, 0.15) is 36.0 Å². The molecule has 4 heteroatoms. The molecule has 1 aromatic carbocycles. The highest BCUT2D eigenvalue weighted by Crippen LogP contribution is 2.32. The summed E-state index contributed by atoms with van der Waals surface area (Å²) in [7, 11) is 5.07. The summed E-state index contributed by atoms with van der Waals surface area (Å²) in [5.41, 5.74) is 0.612. The molecule has 1 amide bonds. The van der Waals surface area contributed by atoms with E-state index in [1.807, 2.05) is 6.07 Å². The highest BCUT2D eigenvalue weighted by Gasteiger charge is 2.19. The van der Waals surface area contributed by atoms with Gasteiger partial charge in [-0.15, -0.1) is 0 Å². The molecular weight excluding hydrogens is 242 g/mol. The van der Waals surface area contributed by atoms with Crippen LogP contribution in [-0.2, 0) is 0 Å². The van der Waals surface area contributed by atoms with Gasteiger partial charge in [0.2, 0.25) is 0 Å². The van der Waals surface area contributed by atoms with Crippen molar-refractivity contribution in [1.82, 2.24) is 4.90 Å². The minimum atomic E-state index is -0.0364. The summed E-state index contributed by atoms with van der Waals surface area (Å²) in [5.74, 6) is 1.31. The molecule has 0 bridgehead atoms. The molecule has 0 aliphatic heterocycles. The number of carbonyl (C=O) groups is 1. The predicted octanol–water partition coefficient (Wildman–Crippen LogP) is 2.72. The number of carbonyl (C=O) groups excluding carboxylic acids is 1. The van der Waals surface area contributed by atoms with Gasteiger partial charge in [-0.05, 0) is 43.9 Å². The van der Waals surface area contributed by atoms with Gasteiger partial charge in [0, 0.05) is 19.7 Å². The van der Waals surface area contributed by atoms with E-state index in [0.717, 1.165) is 18.6 Å². The zero-order chi connectivity index (χ0) is 13.8. The molecule has 1 saturated carbocycles. The van der Waals surface area contributed by atoms with Gasteiger partial charge in [-0.2, -0.15) is 0 Å². The van der Waals surface area contributed by atoms with Crippen molar-refractivity contribution in [2.75, 3.05) is 21.2 Å². The zero-order valence-corrected chi connectivity index (χ0v) is 11.8. The molecule has 0 heterocycles. The SMILES string of the molecule is COc1cc(C(=O)N(C)C)ccc1OC1CCCC1. The fourth-order valence-electron chi connectivity index (χ4n) is 2.34. The molecule has 4 nitrogen and oxygen atoms in total. The normalized spacial score (nSPS) is 15.3. The van der Waals surface area contributed by atoms with E-state index in [1.54, 1.807) is 38.2 Å². The monoisotopic (exact) mass is 263 g/mol. The van der Waals surface area contributed by atoms with Gasteiger partial charge in [0.25, 0.3) is 5.91 Å². The molecule has 1 aromatic rings. The number of hydrogen-bond acceptors (Lipinski definition) is 3. The number of benzene rings is 1. The van der Waals surface area contributed by atoms with Crippen molar-refractivity contribution in [1.29, 1.82) is 0 Å². The highest BCUT2D eigenvalue weighted by molar-refractivity contribution is 5.94. The summed E-state index contributed by atoms with van der Waals surface area (Å²) in [4.78, 5) is 13.4. The van der Waals surface area contributed by atoms with Crippen molar-refractivity contribution in [3.8, 4) is 11.5 Å². The molecule has 0 aromatic heterocycles. The van der Waals surface area contributed by atoms with Crippen molar-refractivity contribution in [2.45, 2.75) is 31.8 Å². The Morgan fingerprint density at radius 2 is 1.89 bits per heavy atom. The molecule has 0 radical (unpaired) electrons. The molecule has 0 N–H and O–H groups in total. The summed E-state index contributed by atoms with van der Waals surface area (Å²) in [6.45, 7) is 0. The van der Waals surface area contributed by atoms with Crippen LogP contribution in [-0.4, -0.2) is 38.1 Å². The van der Waals surface area contributed by atoms with Crippen molar-refractivity contribution in [2.24, 2.45) is 0 Å². The smallest absolute Gasteiger partial charge is 0.253 e. The van der Waals surface area contributed by atoms with Gasteiger partial charge in [-0.25, -0.2) is 0 Å². The number of ether oxygens (including phenoxy) is 2. The maximum atomic E-state index is 11.9. The summed E-state index contributed by atoms with van der Waals surface area (Å²) in [5, 5.41) is 0. The Morgan fingerprint density at radius 1 is 1.21 bits per heavy atom. The lowest BCUT2D eigenvalue weighted by Crippen LogP contribution is -2.21. The van der Waals surface area contributed by atoms with Crippen LogP contribution < -0.4 is 9.47 Å². The number of rotatable bonds is 4. The number of hydrogen-bond donors (Lipinski definition) is 0. The molecule has 1 aliphatic rings. The standard InChI is InChI=1S/C15H21NO3/c1-16(2)15(17)11-8-9-13(14(10-11)18-3)19-12-6-4-5-7-12/h8-10,12H,4-7H2,1-3H3. The number of amides is 1. The van der Waals surface area contributed by atoms with Gasteiger partial charge in [-0.1, -0.05) is 0 Å². The van der Waals surface area contributed by atoms with E-state index < -0.39 is 0 Å². The molecule has 1 aliphatic carbocycles. The van der Waals surface area contributed by atoms with Gasteiger partial charge >= 0.3 is 0 Å². The Bertz CT molecular complexity index is 451. The fourth-order valence-corrected chi connectivity index (χ4v) is 2.34. The van der Waals surface area contributed by atoms with Crippen LogP contribution in [0, 0.1) is 0 Å². The number of methoxy groups -OCH3 is 1. The van der Waals surface area contributed by atoms with E-state index in [2.05, 4.69) is 0 Å². The Morgan fingerprint density at radius 3 is 2.47 bits per heavy atom. The lowest BCUT2D eigenvalue weighted by molar-refractivity contribution is 0.0827. The quantitative estimate of drug-likeness (QED) is 0.838.